The average Bonchev–Trinajstić information content (AvgIpc) is 1.81. The maximum absolute atomic E-state index is 11.0. The third-order valence-electron chi connectivity index (χ3n) is 0.987. The average molecular weight is 185 g/mol. The monoisotopic (exact) mass is 185 g/mol. The quantitative estimate of drug-likeness (QED) is 0.521. The lowest BCUT2D eigenvalue weighted by Gasteiger charge is -2.18. The van der Waals surface area contributed by atoms with Gasteiger partial charge in [-0.1, -0.05) is 6.08 Å². The van der Waals surface area contributed by atoms with Crippen molar-refractivity contribution in [3.63, 3.8) is 0 Å². The molecule has 0 radical (unpaired) electrons. The van der Waals surface area contributed by atoms with Crippen LogP contribution in [0.2, 0.25) is 0 Å². The molecule has 4 nitrogen and oxygen atoms in total. The van der Waals surface area contributed by atoms with E-state index in [2.05, 4.69) is 0 Å². The summed E-state index contributed by atoms with van der Waals surface area (Å²) in [5.41, 5.74) is 4.34. The molecule has 13 heavy (non-hydrogen) atoms. The maximum Gasteiger partial charge on any atom is 0.310 e. The summed E-state index contributed by atoms with van der Waals surface area (Å²) in [6.07, 6.45) is 2.60. The van der Waals surface area contributed by atoms with E-state index in [4.69, 9.17) is 10.5 Å². The molecule has 2 N–H and O–H groups in total. The Labute approximate surface area is 77.7 Å². The molecule has 1 amide bonds. The van der Waals surface area contributed by atoms with Crippen molar-refractivity contribution in [1.29, 1.82) is 0 Å². The Hall–Kier alpha value is -1.32. The van der Waals surface area contributed by atoms with E-state index in [1.54, 1.807) is 20.8 Å². The van der Waals surface area contributed by atoms with Crippen molar-refractivity contribution in [2.75, 3.05) is 0 Å². The van der Waals surface area contributed by atoms with Crippen LogP contribution in [-0.4, -0.2) is 17.5 Å². The fourth-order valence-electron chi connectivity index (χ4n) is 0.654. The zero-order chi connectivity index (χ0) is 10.5. The van der Waals surface area contributed by atoms with E-state index < -0.39 is 11.5 Å². The van der Waals surface area contributed by atoms with Gasteiger partial charge < -0.3 is 10.5 Å². The van der Waals surface area contributed by atoms with E-state index >= 15 is 0 Å². The zero-order valence-corrected chi connectivity index (χ0v) is 8.16. The number of carbonyl (C=O) groups is 2. The highest BCUT2D eigenvalue weighted by molar-refractivity contribution is 5.86. The molecule has 0 spiro atoms. The fourth-order valence-corrected chi connectivity index (χ4v) is 0.654. The van der Waals surface area contributed by atoms with E-state index in [1.165, 1.54) is 6.08 Å². The van der Waals surface area contributed by atoms with Gasteiger partial charge in [-0.05, 0) is 26.8 Å². The van der Waals surface area contributed by atoms with Crippen LogP contribution in [0.3, 0.4) is 0 Å². The third-order valence-corrected chi connectivity index (χ3v) is 0.987. The normalized spacial score (nSPS) is 11.6. The topological polar surface area (TPSA) is 69.4 Å². The minimum Gasteiger partial charge on any atom is -0.460 e. The number of primary amides is 1. The van der Waals surface area contributed by atoms with Crippen molar-refractivity contribution in [2.24, 2.45) is 5.73 Å². The number of esters is 1. The van der Waals surface area contributed by atoms with E-state index in [0.717, 1.165) is 6.08 Å². The number of nitrogens with two attached hydrogens (primary N) is 1. The van der Waals surface area contributed by atoms with Crippen LogP contribution in [-0.2, 0) is 14.3 Å². The summed E-state index contributed by atoms with van der Waals surface area (Å²) in [6.45, 7) is 5.34. The molecule has 0 aliphatic carbocycles. The minimum absolute atomic E-state index is 0.0697. The molecular formula is C9H15NO3. The van der Waals surface area contributed by atoms with Crippen molar-refractivity contribution in [3.8, 4) is 0 Å². The molecule has 0 rings (SSSR count). The Kier molecular flexibility index (Phi) is 4.17. The summed E-state index contributed by atoms with van der Waals surface area (Å²) in [5, 5.41) is 0. The van der Waals surface area contributed by atoms with Gasteiger partial charge in [-0.25, -0.2) is 0 Å². The second kappa shape index (κ2) is 4.64. The number of rotatable bonds is 3. The van der Waals surface area contributed by atoms with Gasteiger partial charge in [0.1, 0.15) is 5.60 Å². The summed E-state index contributed by atoms with van der Waals surface area (Å²) in [7, 11) is 0. The van der Waals surface area contributed by atoms with Gasteiger partial charge in [0.2, 0.25) is 5.91 Å². The number of hydrogen-bond donors (Lipinski definition) is 1. The lowest BCUT2D eigenvalue weighted by atomic mass is 10.2. The predicted octanol–water partition coefficient (Wildman–Crippen LogP) is 0.760. The highest BCUT2D eigenvalue weighted by Crippen LogP contribution is 2.08. The summed E-state index contributed by atoms with van der Waals surface area (Å²) < 4.78 is 4.98. The molecule has 0 heterocycles. The largest absolute Gasteiger partial charge is 0.460 e. The fraction of sp³-hybridized carbons (Fsp3) is 0.556. The minimum atomic E-state index is -0.566. The maximum atomic E-state index is 11.0. The molecule has 0 aromatic heterocycles. The molecule has 0 atom stereocenters. The molecule has 0 aliphatic heterocycles. The van der Waals surface area contributed by atoms with Gasteiger partial charge in [-0.3, -0.25) is 9.59 Å². The van der Waals surface area contributed by atoms with E-state index in [-0.39, 0.29) is 12.4 Å². The second-order valence-corrected chi connectivity index (χ2v) is 3.60. The number of hydrogen-bond acceptors (Lipinski definition) is 3. The van der Waals surface area contributed by atoms with Crippen molar-refractivity contribution < 1.29 is 14.3 Å². The van der Waals surface area contributed by atoms with Crippen LogP contribution in [0.5, 0.6) is 0 Å². The summed E-state index contributed by atoms with van der Waals surface area (Å²) in [4.78, 5) is 21.3. The molecule has 4 heteroatoms. The molecule has 0 saturated heterocycles. The van der Waals surface area contributed by atoms with Gasteiger partial charge in [0.25, 0.3) is 0 Å². The first kappa shape index (κ1) is 11.7. The molecule has 0 saturated carbocycles. The van der Waals surface area contributed by atoms with Crippen molar-refractivity contribution in [2.45, 2.75) is 32.8 Å². The van der Waals surface area contributed by atoms with Gasteiger partial charge in [0, 0.05) is 0 Å². The van der Waals surface area contributed by atoms with Gasteiger partial charge in [0.05, 0.1) is 6.42 Å². The van der Waals surface area contributed by atoms with Crippen molar-refractivity contribution >= 4 is 11.9 Å². The molecule has 0 fully saturated rings. The highest BCUT2D eigenvalue weighted by Gasteiger charge is 2.14. The van der Waals surface area contributed by atoms with Crippen LogP contribution in [0.25, 0.3) is 0 Å². The molecule has 0 aliphatic rings. The molecule has 74 valence electrons. The first-order valence-electron chi connectivity index (χ1n) is 3.99. The van der Waals surface area contributed by atoms with E-state index in [1.807, 2.05) is 0 Å². The van der Waals surface area contributed by atoms with Crippen LogP contribution in [0.1, 0.15) is 27.2 Å². The van der Waals surface area contributed by atoms with Gasteiger partial charge >= 0.3 is 5.97 Å². The first-order valence-corrected chi connectivity index (χ1v) is 3.99. The molecular weight excluding hydrogens is 170 g/mol. The lowest BCUT2D eigenvalue weighted by Crippen LogP contribution is -2.23. The number of amides is 1. The van der Waals surface area contributed by atoms with Gasteiger partial charge in [-0.15, -0.1) is 0 Å². The summed E-state index contributed by atoms with van der Waals surface area (Å²) in [6, 6.07) is 0. The number of ether oxygens (including phenoxy) is 1. The Balaban J connectivity index is 3.83. The highest BCUT2D eigenvalue weighted by atomic mass is 16.6. The first-order chi connectivity index (χ1) is 5.81. The van der Waals surface area contributed by atoms with Gasteiger partial charge in [-0.2, -0.15) is 0 Å². The number of carbonyl (C=O) groups excluding carboxylic acids is 2. The molecule has 0 aromatic rings. The Morgan fingerprint density at radius 1 is 1.38 bits per heavy atom. The molecule has 0 unspecified atom stereocenters. The van der Waals surface area contributed by atoms with Crippen LogP contribution in [0.4, 0.5) is 0 Å². The lowest BCUT2D eigenvalue weighted by molar-refractivity contribution is -0.153. The van der Waals surface area contributed by atoms with Crippen molar-refractivity contribution in [3.05, 3.63) is 12.2 Å². The van der Waals surface area contributed by atoms with E-state index in [9.17, 15) is 9.59 Å². The summed E-state index contributed by atoms with van der Waals surface area (Å²) in [5.74, 6) is -0.937. The second-order valence-electron chi connectivity index (χ2n) is 3.60. The predicted molar refractivity (Wildman–Crippen MR) is 48.8 cm³/mol. The third kappa shape index (κ3) is 8.59. The Morgan fingerprint density at radius 3 is 2.31 bits per heavy atom. The Morgan fingerprint density at radius 2 is 1.92 bits per heavy atom. The van der Waals surface area contributed by atoms with Crippen molar-refractivity contribution in [1.82, 2.24) is 0 Å². The Bertz CT molecular complexity index is 226. The SMILES string of the molecule is CC(C)(C)OC(=O)C/C=C\C(N)=O. The van der Waals surface area contributed by atoms with E-state index in [0.29, 0.717) is 0 Å². The molecule has 0 aromatic carbocycles. The molecule has 0 bridgehead atoms. The zero-order valence-electron chi connectivity index (χ0n) is 8.16. The van der Waals surface area contributed by atoms with Crippen LogP contribution in [0.15, 0.2) is 12.2 Å². The summed E-state index contributed by atoms with van der Waals surface area (Å²) >= 11 is 0. The van der Waals surface area contributed by atoms with Crippen LogP contribution < -0.4 is 5.73 Å². The smallest absolute Gasteiger partial charge is 0.310 e. The van der Waals surface area contributed by atoms with Crippen LogP contribution in [0, 0.1) is 0 Å². The van der Waals surface area contributed by atoms with Crippen LogP contribution >= 0.6 is 0 Å². The standard InChI is InChI=1S/C9H15NO3/c1-9(2,3)13-8(12)6-4-5-7(10)11/h4-5H,6H2,1-3H3,(H2,10,11)/b5-4-. The van der Waals surface area contributed by atoms with Gasteiger partial charge in [0.15, 0.2) is 0 Å².